The molecule has 0 atom stereocenters. The summed E-state index contributed by atoms with van der Waals surface area (Å²) in [6, 6.07) is 1.17. The number of carbonyl (C=O) groups is 1. The van der Waals surface area contributed by atoms with Gasteiger partial charge in [-0.3, -0.25) is 9.55 Å². The van der Waals surface area contributed by atoms with E-state index in [0.29, 0.717) is 5.65 Å². The van der Waals surface area contributed by atoms with Gasteiger partial charge in [0.25, 0.3) is 0 Å². The number of hydrogen-bond acceptors (Lipinski definition) is 4. The van der Waals surface area contributed by atoms with E-state index in [2.05, 4.69) is 9.97 Å². The summed E-state index contributed by atoms with van der Waals surface area (Å²) in [7, 11) is 0. The van der Waals surface area contributed by atoms with E-state index in [0.717, 1.165) is 11.2 Å². The summed E-state index contributed by atoms with van der Waals surface area (Å²) in [4.78, 5) is 19.0. The zero-order valence-corrected chi connectivity index (χ0v) is 9.69. The second-order valence-electron chi connectivity index (χ2n) is 3.58. The van der Waals surface area contributed by atoms with Crippen molar-refractivity contribution in [2.75, 3.05) is 0 Å². The second-order valence-corrected chi connectivity index (χ2v) is 4.45. The molecule has 7 heteroatoms. The zero-order chi connectivity index (χ0) is 12.7. The fourth-order valence-corrected chi connectivity index (χ4v) is 2.35. The van der Waals surface area contributed by atoms with Crippen LogP contribution in [0.4, 0.5) is 4.39 Å². The van der Waals surface area contributed by atoms with E-state index >= 15 is 0 Å². The summed E-state index contributed by atoms with van der Waals surface area (Å²) >= 11 is 1.35. The summed E-state index contributed by atoms with van der Waals surface area (Å²) < 4.78 is 14.8. The largest absolute Gasteiger partial charge is 0.478 e. The Morgan fingerprint density at radius 2 is 2.28 bits per heavy atom. The molecule has 18 heavy (non-hydrogen) atoms. The Morgan fingerprint density at radius 3 is 2.94 bits per heavy atom. The van der Waals surface area contributed by atoms with E-state index in [1.165, 1.54) is 23.6 Å². The molecule has 0 amide bonds. The SMILES string of the molecule is O=C(O)c1cn(-c2cncs2)c2ncc(F)cc12. The number of thiazole rings is 1. The first kappa shape index (κ1) is 10.8. The minimum absolute atomic E-state index is 0.0189. The van der Waals surface area contributed by atoms with Crippen LogP contribution in [0.15, 0.2) is 30.2 Å². The van der Waals surface area contributed by atoms with Crippen LogP contribution >= 0.6 is 11.3 Å². The normalized spacial score (nSPS) is 10.9. The lowest BCUT2D eigenvalue weighted by molar-refractivity contribution is 0.0699. The van der Waals surface area contributed by atoms with Gasteiger partial charge in [0.05, 0.1) is 23.5 Å². The Kier molecular flexibility index (Phi) is 2.34. The summed E-state index contributed by atoms with van der Waals surface area (Å²) in [5, 5.41) is 10.1. The van der Waals surface area contributed by atoms with Gasteiger partial charge in [0.15, 0.2) is 0 Å². The first-order valence-corrected chi connectivity index (χ1v) is 5.83. The molecule has 3 aromatic heterocycles. The molecular formula is C11H6FN3O2S. The molecule has 0 radical (unpaired) electrons. The van der Waals surface area contributed by atoms with E-state index in [1.54, 1.807) is 16.3 Å². The molecule has 0 spiro atoms. The van der Waals surface area contributed by atoms with Gasteiger partial charge >= 0.3 is 5.97 Å². The summed E-state index contributed by atoms with van der Waals surface area (Å²) in [5.74, 6) is -1.68. The summed E-state index contributed by atoms with van der Waals surface area (Å²) in [6.45, 7) is 0. The maximum Gasteiger partial charge on any atom is 0.337 e. The number of aromatic carboxylic acids is 1. The van der Waals surface area contributed by atoms with Crippen LogP contribution in [0.5, 0.6) is 0 Å². The molecule has 0 saturated carbocycles. The van der Waals surface area contributed by atoms with Crippen LogP contribution in [0, 0.1) is 5.82 Å². The third-order valence-electron chi connectivity index (χ3n) is 2.50. The highest BCUT2D eigenvalue weighted by Gasteiger charge is 2.17. The van der Waals surface area contributed by atoms with Crippen LogP contribution in [-0.4, -0.2) is 25.6 Å². The van der Waals surface area contributed by atoms with Gasteiger partial charge in [0, 0.05) is 11.6 Å². The predicted molar refractivity (Wildman–Crippen MR) is 63.7 cm³/mol. The van der Waals surface area contributed by atoms with Crippen molar-refractivity contribution in [2.24, 2.45) is 0 Å². The smallest absolute Gasteiger partial charge is 0.337 e. The Bertz CT molecular complexity index is 736. The quantitative estimate of drug-likeness (QED) is 0.770. The number of halogens is 1. The molecule has 0 aliphatic heterocycles. The number of pyridine rings is 1. The summed E-state index contributed by atoms with van der Waals surface area (Å²) in [5.41, 5.74) is 2.05. The van der Waals surface area contributed by atoms with E-state index in [1.807, 2.05) is 0 Å². The van der Waals surface area contributed by atoms with Crippen molar-refractivity contribution in [1.29, 1.82) is 0 Å². The molecule has 0 aliphatic carbocycles. The van der Waals surface area contributed by atoms with E-state index in [9.17, 15) is 9.18 Å². The maximum absolute atomic E-state index is 13.2. The van der Waals surface area contributed by atoms with Gasteiger partial charge in [0.1, 0.15) is 16.5 Å². The monoisotopic (exact) mass is 263 g/mol. The average Bonchev–Trinajstić information content (AvgIpc) is 2.93. The lowest BCUT2D eigenvalue weighted by atomic mass is 10.2. The molecule has 0 bridgehead atoms. The van der Waals surface area contributed by atoms with Crippen LogP contribution in [0.3, 0.4) is 0 Å². The van der Waals surface area contributed by atoms with Gasteiger partial charge in [-0.1, -0.05) is 0 Å². The highest BCUT2D eigenvalue weighted by Crippen LogP contribution is 2.25. The zero-order valence-electron chi connectivity index (χ0n) is 8.87. The highest BCUT2D eigenvalue weighted by atomic mass is 32.1. The molecule has 1 N–H and O–H groups in total. The highest BCUT2D eigenvalue weighted by molar-refractivity contribution is 7.12. The van der Waals surface area contributed by atoms with Crippen molar-refractivity contribution in [2.45, 2.75) is 0 Å². The lowest BCUT2D eigenvalue weighted by Crippen LogP contribution is -1.94. The van der Waals surface area contributed by atoms with Crippen LogP contribution in [0.25, 0.3) is 16.0 Å². The third-order valence-corrected chi connectivity index (χ3v) is 3.27. The molecule has 0 saturated heterocycles. The van der Waals surface area contributed by atoms with Gasteiger partial charge in [0.2, 0.25) is 0 Å². The molecule has 3 aromatic rings. The molecule has 0 aromatic carbocycles. The van der Waals surface area contributed by atoms with Crippen LogP contribution in [0.1, 0.15) is 10.4 Å². The third kappa shape index (κ3) is 1.56. The lowest BCUT2D eigenvalue weighted by Gasteiger charge is -1.98. The van der Waals surface area contributed by atoms with Gasteiger partial charge in [-0.05, 0) is 6.07 Å². The van der Waals surface area contributed by atoms with Crippen molar-refractivity contribution in [3.8, 4) is 5.00 Å². The Balaban J connectivity index is 2.37. The number of carboxylic acids is 1. The van der Waals surface area contributed by atoms with Crippen LogP contribution in [0.2, 0.25) is 0 Å². The molecule has 0 unspecified atom stereocenters. The first-order valence-electron chi connectivity index (χ1n) is 4.95. The summed E-state index contributed by atoms with van der Waals surface area (Å²) in [6.07, 6.45) is 4.08. The Morgan fingerprint density at radius 1 is 1.44 bits per heavy atom. The fourth-order valence-electron chi connectivity index (χ4n) is 1.75. The van der Waals surface area contributed by atoms with Crippen molar-refractivity contribution in [3.63, 3.8) is 0 Å². The van der Waals surface area contributed by atoms with Crippen LogP contribution in [-0.2, 0) is 0 Å². The number of fused-ring (bicyclic) bond motifs is 1. The topological polar surface area (TPSA) is 68.0 Å². The minimum atomic E-state index is -1.12. The van der Waals surface area contributed by atoms with Crippen LogP contribution < -0.4 is 0 Å². The fraction of sp³-hybridized carbons (Fsp3) is 0. The van der Waals surface area contributed by atoms with Crippen molar-refractivity contribution in [3.05, 3.63) is 41.5 Å². The molecule has 0 fully saturated rings. The van der Waals surface area contributed by atoms with Gasteiger partial charge < -0.3 is 5.11 Å². The average molecular weight is 263 g/mol. The van der Waals surface area contributed by atoms with Gasteiger partial charge in [-0.15, -0.1) is 11.3 Å². The van der Waals surface area contributed by atoms with Crippen molar-refractivity contribution in [1.82, 2.24) is 14.5 Å². The number of carboxylic acid groups (broad SMARTS) is 1. The minimum Gasteiger partial charge on any atom is -0.478 e. The predicted octanol–water partition coefficient (Wildman–Crippen LogP) is 2.32. The van der Waals surface area contributed by atoms with Crippen molar-refractivity contribution < 1.29 is 14.3 Å². The molecule has 90 valence electrons. The Hall–Kier alpha value is -2.28. The van der Waals surface area contributed by atoms with E-state index in [-0.39, 0.29) is 10.9 Å². The number of nitrogens with zero attached hydrogens (tertiary/aromatic N) is 3. The molecule has 5 nitrogen and oxygen atoms in total. The first-order chi connectivity index (χ1) is 8.66. The second kappa shape index (κ2) is 3.88. The van der Waals surface area contributed by atoms with Gasteiger partial charge in [-0.2, -0.15) is 0 Å². The Labute approximate surface area is 104 Å². The van der Waals surface area contributed by atoms with E-state index in [4.69, 9.17) is 5.11 Å². The van der Waals surface area contributed by atoms with Gasteiger partial charge in [-0.25, -0.2) is 14.2 Å². The molecule has 3 heterocycles. The standard InChI is InChI=1S/C11H6FN3O2S/c12-6-1-7-8(11(16)17)4-15(10(7)14-2-6)9-3-13-5-18-9/h1-5H,(H,16,17). The van der Waals surface area contributed by atoms with E-state index < -0.39 is 11.8 Å². The molecule has 0 aliphatic rings. The number of rotatable bonds is 2. The maximum atomic E-state index is 13.2. The number of aromatic nitrogens is 3. The number of hydrogen-bond donors (Lipinski definition) is 1. The molecular weight excluding hydrogens is 257 g/mol. The van der Waals surface area contributed by atoms with Crippen molar-refractivity contribution >= 4 is 28.3 Å². The molecule has 3 rings (SSSR count).